The fourth-order valence-electron chi connectivity index (χ4n) is 6.68. The minimum atomic E-state index is -0.833. The molecule has 0 aliphatic carbocycles. The number of hydrogen-bond donors (Lipinski definition) is 0. The van der Waals surface area contributed by atoms with Crippen molar-refractivity contribution in [3.8, 4) is 0 Å². The molecule has 6 nitrogen and oxygen atoms in total. The molecule has 0 aromatic carbocycles. The largest absolute Gasteiger partial charge is 0.462 e. The van der Waals surface area contributed by atoms with E-state index in [1.807, 2.05) is 0 Å². The van der Waals surface area contributed by atoms with E-state index in [0.717, 1.165) is 109 Å². The lowest BCUT2D eigenvalue weighted by molar-refractivity contribution is -0.167. The molecular weight excluding hydrogens is 829 g/mol. The smallest absolute Gasteiger partial charge is 0.306 e. The van der Waals surface area contributed by atoms with Crippen molar-refractivity contribution in [1.82, 2.24) is 0 Å². The lowest BCUT2D eigenvalue weighted by Crippen LogP contribution is -2.30. The molecule has 0 saturated heterocycles. The van der Waals surface area contributed by atoms with Gasteiger partial charge in [0.2, 0.25) is 0 Å². The standard InChI is InChI=1S/C61H96O6/c1-4-7-10-13-16-19-22-25-28-30-33-35-38-41-44-47-50-53-59(62)65-56-58(67-61(64)55-52-49-46-43-40-37-32-27-24-21-18-15-12-9-6-3)57-66-60(63)54-51-48-45-42-39-36-34-31-29-26-23-20-17-14-11-8-5-2/h7-8,10-11,16-17,19-20,25-29,32-36,41-42,44-45,58H,4-6,9,12-15,18,21-24,30-31,37-40,43,46-57H2,1-3H3. The molecule has 0 aliphatic rings. The molecule has 0 atom stereocenters. The third-order valence-corrected chi connectivity index (χ3v) is 10.6. The van der Waals surface area contributed by atoms with Gasteiger partial charge in [-0.3, -0.25) is 14.4 Å². The number of unbranched alkanes of at least 4 members (excludes halogenated alkanes) is 13. The minimum absolute atomic E-state index is 0.133. The lowest BCUT2D eigenvalue weighted by atomic mass is 10.1. The van der Waals surface area contributed by atoms with Crippen LogP contribution in [0.5, 0.6) is 0 Å². The zero-order chi connectivity index (χ0) is 48.6. The molecule has 0 aromatic heterocycles. The molecule has 0 heterocycles. The van der Waals surface area contributed by atoms with Gasteiger partial charge in [-0.15, -0.1) is 0 Å². The molecule has 0 fully saturated rings. The van der Waals surface area contributed by atoms with Crippen LogP contribution in [0, 0.1) is 0 Å². The van der Waals surface area contributed by atoms with E-state index in [1.54, 1.807) is 0 Å². The van der Waals surface area contributed by atoms with Crippen molar-refractivity contribution < 1.29 is 28.6 Å². The van der Waals surface area contributed by atoms with Gasteiger partial charge in [0.1, 0.15) is 13.2 Å². The summed E-state index contributed by atoms with van der Waals surface area (Å²) in [5, 5.41) is 0. The highest BCUT2D eigenvalue weighted by Crippen LogP contribution is 2.12. The van der Waals surface area contributed by atoms with E-state index >= 15 is 0 Å². The molecule has 0 bridgehead atoms. The first-order valence-corrected chi connectivity index (χ1v) is 26.7. The molecule has 0 unspecified atom stereocenters. The SMILES string of the molecule is CCC=CCC=CCC=CCC=CCC=CCCCC(=O)OCC(COC(=O)CCCC=CCC=CCC=CCC=CCC=CCC)OC(=O)CCCCCCCC=CCCCCCCCC. The number of carbonyl (C=O) groups is 3. The van der Waals surface area contributed by atoms with E-state index in [0.29, 0.717) is 12.8 Å². The van der Waals surface area contributed by atoms with Crippen LogP contribution in [0.3, 0.4) is 0 Å². The lowest BCUT2D eigenvalue weighted by Gasteiger charge is -2.18. The van der Waals surface area contributed by atoms with Gasteiger partial charge in [0.05, 0.1) is 0 Å². The second-order valence-electron chi connectivity index (χ2n) is 17.0. The van der Waals surface area contributed by atoms with E-state index < -0.39 is 6.10 Å². The van der Waals surface area contributed by atoms with Crippen LogP contribution in [0.1, 0.15) is 213 Å². The van der Waals surface area contributed by atoms with Crippen LogP contribution in [0.25, 0.3) is 0 Å². The number of esters is 3. The van der Waals surface area contributed by atoms with Crippen LogP contribution >= 0.6 is 0 Å². The van der Waals surface area contributed by atoms with E-state index in [4.69, 9.17) is 14.2 Å². The molecule has 0 rings (SSSR count). The Morgan fingerprint density at radius 3 is 0.970 bits per heavy atom. The summed E-state index contributed by atoms with van der Waals surface area (Å²) in [6.45, 7) is 6.28. The predicted molar refractivity (Wildman–Crippen MR) is 288 cm³/mol. The van der Waals surface area contributed by atoms with Crippen molar-refractivity contribution >= 4 is 17.9 Å². The van der Waals surface area contributed by atoms with Crippen LogP contribution in [-0.4, -0.2) is 37.2 Å². The average molecular weight is 925 g/mol. The third kappa shape index (κ3) is 52.4. The first kappa shape index (κ1) is 62.5. The molecule has 0 N–H and O–H groups in total. The Balaban J connectivity index is 4.60. The van der Waals surface area contributed by atoms with Crippen molar-refractivity contribution in [1.29, 1.82) is 0 Å². The van der Waals surface area contributed by atoms with E-state index in [-0.39, 0.29) is 50.4 Å². The maximum Gasteiger partial charge on any atom is 0.306 e. The summed E-state index contributed by atoms with van der Waals surface area (Å²) in [4.78, 5) is 38.0. The van der Waals surface area contributed by atoms with Crippen LogP contribution in [-0.2, 0) is 28.6 Å². The molecule has 0 aliphatic heterocycles. The first-order valence-electron chi connectivity index (χ1n) is 26.7. The Hall–Kier alpha value is -4.45. The Morgan fingerprint density at radius 2 is 0.597 bits per heavy atom. The molecular formula is C61H96O6. The number of carbonyl (C=O) groups excluding carboxylic acids is 3. The van der Waals surface area contributed by atoms with Crippen molar-refractivity contribution in [2.45, 2.75) is 219 Å². The summed E-state index contributed by atoms with van der Waals surface area (Å²) in [6.07, 6.45) is 75.9. The van der Waals surface area contributed by atoms with E-state index in [9.17, 15) is 14.4 Å². The van der Waals surface area contributed by atoms with Crippen LogP contribution in [0.4, 0.5) is 0 Å². The summed E-state index contributed by atoms with van der Waals surface area (Å²) in [6, 6.07) is 0. The van der Waals surface area contributed by atoms with Crippen molar-refractivity contribution in [2.75, 3.05) is 13.2 Å². The van der Waals surface area contributed by atoms with Crippen LogP contribution in [0.15, 0.2) is 134 Å². The van der Waals surface area contributed by atoms with Crippen LogP contribution in [0.2, 0.25) is 0 Å². The average Bonchev–Trinajstić information content (AvgIpc) is 3.33. The maximum atomic E-state index is 12.8. The molecule has 0 spiro atoms. The van der Waals surface area contributed by atoms with E-state index in [1.165, 1.54) is 51.4 Å². The topological polar surface area (TPSA) is 78.9 Å². The molecule has 376 valence electrons. The van der Waals surface area contributed by atoms with Gasteiger partial charge < -0.3 is 14.2 Å². The fraction of sp³-hybridized carbons (Fsp3) is 0.590. The second kappa shape index (κ2) is 54.2. The number of ether oxygens (including phenoxy) is 3. The van der Waals surface area contributed by atoms with Crippen LogP contribution < -0.4 is 0 Å². The van der Waals surface area contributed by atoms with Crippen molar-refractivity contribution in [2.24, 2.45) is 0 Å². The Kier molecular flexibility index (Phi) is 50.6. The van der Waals surface area contributed by atoms with Gasteiger partial charge in [0.25, 0.3) is 0 Å². The van der Waals surface area contributed by atoms with Gasteiger partial charge in [-0.2, -0.15) is 0 Å². The van der Waals surface area contributed by atoms with Gasteiger partial charge in [0, 0.05) is 19.3 Å². The quantitative estimate of drug-likeness (QED) is 0.0262. The molecule has 0 aromatic rings. The molecule has 0 radical (unpaired) electrons. The molecule has 0 saturated carbocycles. The molecule has 0 amide bonds. The number of allylic oxidation sites excluding steroid dienone is 22. The monoisotopic (exact) mass is 925 g/mol. The number of hydrogen-bond acceptors (Lipinski definition) is 6. The highest BCUT2D eigenvalue weighted by molar-refractivity contribution is 5.71. The zero-order valence-electron chi connectivity index (χ0n) is 42.9. The summed E-state index contributed by atoms with van der Waals surface area (Å²) in [7, 11) is 0. The summed E-state index contributed by atoms with van der Waals surface area (Å²) in [5.41, 5.74) is 0. The Morgan fingerprint density at radius 1 is 0.313 bits per heavy atom. The molecule has 6 heteroatoms. The molecule has 67 heavy (non-hydrogen) atoms. The second-order valence-corrected chi connectivity index (χ2v) is 17.0. The fourth-order valence-corrected chi connectivity index (χ4v) is 6.68. The number of rotatable bonds is 46. The van der Waals surface area contributed by atoms with Gasteiger partial charge >= 0.3 is 17.9 Å². The highest BCUT2D eigenvalue weighted by atomic mass is 16.6. The van der Waals surface area contributed by atoms with E-state index in [2.05, 4.69) is 154 Å². The summed E-state index contributed by atoms with van der Waals surface area (Å²) >= 11 is 0. The first-order chi connectivity index (χ1) is 33.0. The van der Waals surface area contributed by atoms with Gasteiger partial charge in [0.15, 0.2) is 6.10 Å². The summed E-state index contributed by atoms with van der Waals surface area (Å²) in [5.74, 6) is -1.06. The Bertz CT molecular complexity index is 1400. The minimum Gasteiger partial charge on any atom is -0.462 e. The van der Waals surface area contributed by atoms with Gasteiger partial charge in [-0.1, -0.05) is 206 Å². The maximum absolute atomic E-state index is 12.8. The summed E-state index contributed by atoms with van der Waals surface area (Å²) < 4.78 is 16.7. The Labute approximate surface area is 411 Å². The third-order valence-electron chi connectivity index (χ3n) is 10.6. The van der Waals surface area contributed by atoms with Crippen molar-refractivity contribution in [3.63, 3.8) is 0 Å². The van der Waals surface area contributed by atoms with Gasteiger partial charge in [-0.05, 0) is 122 Å². The normalized spacial score (nSPS) is 13.2. The highest BCUT2D eigenvalue weighted by Gasteiger charge is 2.19. The van der Waals surface area contributed by atoms with Crippen molar-refractivity contribution in [3.05, 3.63) is 134 Å². The van der Waals surface area contributed by atoms with Gasteiger partial charge in [-0.25, -0.2) is 0 Å². The predicted octanol–water partition coefficient (Wildman–Crippen LogP) is 17.9. The zero-order valence-corrected chi connectivity index (χ0v) is 42.9.